The third-order valence-electron chi connectivity index (χ3n) is 1.82. The molecule has 0 N–H and O–H groups in total. The summed E-state index contributed by atoms with van der Waals surface area (Å²) in [6.45, 7) is 1.16. The zero-order chi connectivity index (χ0) is 10.6. The second-order valence-corrected chi connectivity index (χ2v) is 2.89. The molecular weight excluding hydrogens is 185 g/mol. The van der Waals surface area contributed by atoms with Gasteiger partial charge < -0.3 is 4.74 Å². The highest BCUT2D eigenvalue weighted by molar-refractivity contribution is 5.71. The lowest BCUT2D eigenvalue weighted by Crippen LogP contribution is -2.18. The van der Waals surface area contributed by atoms with Crippen LogP contribution in [-0.4, -0.2) is 18.1 Å². The molecule has 14 heavy (non-hydrogen) atoms. The van der Waals surface area contributed by atoms with Crippen LogP contribution in [0.4, 0.5) is 4.48 Å². The molecule has 1 amide bonds. The molecule has 0 radical (unpaired) electrons. The molecule has 0 atom stereocenters. The van der Waals surface area contributed by atoms with Crippen LogP contribution in [-0.2, 0) is 11.3 Å². The number of halogens is 1. The quantitative estimate of drug-likeness (QED) is 0.693. The van der Waals surface area contributed by atoms with Crippen molar-refractivity contribution in [2.75, 3.05) is 7.11 Å². The van der Waals surface area contributed by atoms with Gasteiger partial charge in [-0.3, -0.25) is 4.79 Å². The lowest BCUT2D eigenvalue weighted by atomic mass is 10.2. The Morgan fingerprint density at radius 3 is 2.43 bits per heavy atom. The van der Waals surface area contributed by atoms with E-state index in [0.29, 0.717) is 5.75 Å². The van der Waals surface area contributed by atoms with Crippen molar-refractivity contribution in [1.29, 1.82) is 0 Å². The van der Waals surface area contributed by atoms with E-state index in [9.17, 15) is 9.28 Å². The molecule has 3 nitrogen and oxygen atoms in total. The van der Waals surface area contributed by atoms with Crippen molar-refractivity contribution in [3.8, 4) is 5.75 Å². The van der Waals surface area contributed by atoms with Crippen LogP contribution in [0.1, 0.15) is 12.5 Å². The Hall–Kier alpha value is -1.58. The van der Waals surface area contributed by atoms with Crippen molar-refractivity contribution in [2.24, 2.45) is 0 Å². The van der Waals surface area contributed by atoms with Gasteiger partial charge in [-0.1, -0.05) is 16.6 Å². The number of methoxy groups -OCH3 is 1. The van der Waals surface area contributed by atoms with Gasteiger partial charge in [-0.15, -0.1) is 0 Å². The number of amides is 1. The van der Waals surface area contributed by atoms with Gasteiger partial charge >= 0.3 is 0 Å². The van der Waals surface area contributed by atoms with Crippen molar-refractivity contribution >= 4 is 5.91 Å². The van der Waals surface area contributed by atoms with E-state index in [-0.39, 0.29) is 11.7 Å². The molecule has 0 saturated heterocycles. The van der Waals surface area contributed by atoms with E-state index in [1.54, 1.807) is 31.4 Å². The summed E-state index contributed by atoms with van der Waals surface area (Å²) in [6, 6.07) is 6.88. The first-order valence-electron chi connectivity index (χ1n) is 4.20. The summed E-state index contributed by atoms with van der Waals surface area (Å²) in [7, 11) is 1.56. The van der Waals surface area contributed by atoms with Crippen molar-refractivity contribution in [1.82, 2.24) is 5.12 Å². The van der Waals surface area contributed by atoms with Crippen LogP contribution in [0.3, 0.4) is 0 Å². The van der Waals surface area contributed by atoms with E-state index in [4.69, 9.17) is 4.74 Å². The molecule has 0 aliphatic heterocycles. The molecule has 0 aliphatic rings. The fourth-order valence-corrected chi connectivity index (χ4v) is 1.00. The van der Waals surface area contributed by atoms with Crippen LogP contribution in [0.2, 0.25) is 0 Å². The predicted molar refractivity (Wildman–Crippen MR) is 50.3 cm³/mol. The summed E-state index contributed by atoms with van der Waals surface area (Å²) in [4.78, 5) is 10.6. The Labute approximate surface area is 82.0 Å². The predicted octanol–water partition coefficient (Wildman–Crippen LogP) is 1.93. The van der Waals surface area contributed by atoms with Crippen LogP contribution >= 0.6 is 0 Å². The molecule has 76 valence electrons. The summed E-state index contributed by atoms with van der Waals surface area (Å²) >= 11 is 0. The van der Waals surface area contributed by atoms with Gasteiger partial charge in [0.1, 0.15) is 5.75 Å². The third-order valence-corrected chi connectivity index (χ3v) is 1.82. The zero-order valence-corrected chi connectivity index (χ0v) is 8.16. The molecule has 4 heteroatoms. The summed E-state index contributed by atoms with van der Waals surface area (Å²) < 4.78 is 17.8. The Bertz CT molecular complexity index is 310. The van der Waals surface area contributed by atoms with E-state index >= 15 is 0 Å². The second-order valence-electron chi connectivity index (χ2n) is 2.89. The standard InChI is InChI=1S/C10H12FNO2/c1-8(13)12(11)7-9-3-5-10(14-2)6-4-9/h3-6H,7H2,1-2H3. The average Bonchev–Trinajstić information content (AvgIpc) is 2.19. The molecule has 0 saturated carbocycles. The lowest BCUT2D eigenvalue weighted by molar-refractivity contribution is -0.145. The molecule has 1 aromatic rings. The smallest absolute Gasteiger partial charge is 0.247 e. The van der Waals surface area contributed by atoms with Crippen molar-refractivity contribution < 1.29 is 14.0 Å². The number of benzene rings is 1. The number of hydrogen-bond donors (Lipinski definition) is 0. The van der Waals surface area contributed by atoms with Gasteiger partial charge in [0.25, 0.3) is 0 Å². The Balaban J connectivity index is 2.64. The first-order valence-corrected chi connectivity index (χ1v) is 4.20. The number of carbonyl (C=O) groups is 1. The molecule has 0 fully saturated rings. The van der Waals surface area contributed by atoms with E-state index in [1.165, 1.54) is 6.92 Å². The van der Waals surface area contributed by atoms with Gasteiger partial charge in [0.15, 0.2) is 0 Å². The summed E-state index contributed by atoms with van der Waals surface area (Å²) in [5, 5.41) is 0.168. The molecule has 0 aromatic heterocycles. The molecule has 0 unspecified atom stereocenters. The van der Waals surface area contributed by atoms with Gasteiger partial charge in [0, 0.05) is 6.92 Å². The highest BCUT2D eigenvalue weighted by atomic mass is 19.2. The number of carbonyl (C=O) groups excluding carboxylic acids is 1. The molecule has 0 heterocycles. The van der Waals surface area contributed by atoms with E-state index in [2.05, 4.69) is 0 Å². The highest BCUT2D eigenvalue weighted by Gasteiger charge is 2.07. The van der Waals surface area contributed by atoms with Gasteiger partial charge in [-0.05, 0) is 17.7 Å². The highest BCUT2D eigenvalue weighted by Crippen LogP contribution is 2.13. The van der Waals surface area contributed by atoms with E-state index < -0.39 is 5.91 Å². The van der Waals surface area contributed by atoms with Gasteiger partial charge in [-0.25, -0.2) is 0 Å². The van der Waals surface area contributed by atoms with Crippen LogP contribution in [0.5, 0.6) is 5.75 Å². The van der Waals surface area contributed by atoms with E-state index in [1.807, 2.05) is 0 Å². The Morgan fingerprint density at radius 2 is 2.00 bits per heavy atom. The van der Waals surface area contributed by atoms with Gasteiger partial charge in [-0.2, -0.15) is 5.12 Å². The monoisotopic (exact) mass is 197 g/mol. The first kappa shape index (κ1) is 10.5. The maximum absolute atomic E-state index is 12.8. The first-order chi connectivity index (χ1) is 6.63. The van der Waals surface area contributed by atoms with Crippen LogP contribution in [0, 0.1) is 0 Å². The molecule has 0 spiro atoms. The fraction of sp³-hybridized carbons (Fsp3) is 0.300. The average molecular weight is 197 g/mol. The molecule has 1 rings (SSSR count). The number of hydrogen-bond acceptors (Lipinski definition) is 2. The summed E-state index contributed by atoms with van der Waals surface area (Å²) in [6.07, 6.45) is 0. The Kier molecular flexibility index (Phi) is 3.45. The lowest BCUT2D eigenvalue weighted by Gasteiger charge is -2.09. The largest absolute Gasteiger partial charge is 0.497 e. The van der Waals surface area contributed by atoms with Gasteiger partial charge in [0.05, 0.1) is 13.7 Å². The maximum atomic E-state index is 12.8. The van der Waals surface area contributed by atoms with E-state index in [0.717, 1.165) is 5.56 Å². The maximum Gasteiger partial charge on any atom is 0.247 e. The fourth-order valence-electron chi connectivity index (χ4n) is 1.00. The SMILES string of the molecule is COc1ccc(CN(F)C(C)=O)cc1. The summed E-state index contributed by atoms with van der Waals surface area (Å²) in [5.74, 6) is 0.114. The number of rotatable bonds is 3. The minimum Gasteiger partial charge on any atom is -0.497 e. The van der Waals surface area contributed by atoms with Gasteiger partial charge in [0.2, 0.25) is 5.91 Å². The summed E-state index contributed by atoms with van der Waals surface area (Å²) in [5.41, 5.74) is 0.725. The van der Waals surface area contributed by atoms with Crippen LogP contribution < -0.4 is 4.74 Å². The molecular formula is C10H12FNO2. The van der Waals surface area contributed by atoms with Crippen molar-refractivity contribution in [2.45, 2.75) is 13.5 Å². The van der Waals surface area contributed by atoms with Crippen molar-refractivity contribution in [3.63, 3.8) is 0 Å². The molecule has 0 aliphatic carbocycles. The molecule has 1 aromatic carbocycles. The molecule has 0 bridgehead atoms. The van der Waals surface area contributed by atoms with Crippen LogP contribution in [0.15, 0.2) is 24.3 Å². The minimum absolute atomic E-state index is 0.0284. The minimum atomic E-state index is -0.596. The normalized spacial score (nSPS) is 9.64. The number of ether oxygens (including phenoxy) is 1. The zero-order valence-electron chi connectivity index (χ0n) is 8.16. The number of nitrogens with zero attached hydrogens (tertiary/aromatic N) is 1. The van der Waals surface area contributed by atoms with Crippen molar-refractivity contribution in [3.05, 3.63) is 29.8 Å². The van der Waals surface area contributed by atoms with Crippen LogP contribution in [0.25, 0.3) is 0 Å². The topological polar surface area (TPSA) is 29.5 Å². The Morgan fingerprint density at radius 1 is 1.43 bits per heavy atom. The third kappa shape index (κ3) is 2.73. The second kappa shape index (κ2) is 4.60.